The maximum atomic E-state index is 6.35. The minimum Gasteiger partial charge on any atom is -0.497 e. The summed E-state index contributed by atoms with van der Waals surface area (Å²) >= 11 is 0. The molecule has 0 fully saturated rings. The summed E-state index contributed by atoms with van der Waals surface area (Å²) in [6.07, 6.45) is 5.80. The van der Waals surface area contributed by atoms with Crippen LogP contribution in [0.1, 0.15) is 49.8 Å². The molecule has 19 heavy (non-hydrogen) atoms. The van der Waals surface area contributed by atoms with Gasteiger partial charge in [-0.3, -0.25) is 0 Å². The number of unbranched alkanes of at least 4 members (excludes halogenated alkanes) is 2. The van der Waals surface area contributed by atoms with Crippen molar-refractivity contribution >= 4 is 0 Å². The van der Waals surface area contributed by atoms with Gasteiger partial charge in [-0.1, -0.05) is 25.8 Å². The van der Waals surface area contributed by atoms with Gasteiger partial charge in [0.05, 0.1) is 19.3 Å². The maximum absolute atomic E-state index is 6.35. The van der Waals surface area contributed by atoms with E-state index in [1.54, 1.807) is 7.11 Å². The lowest BCUT2D eigenvalue weighted by Gasteiger charge is -2.31. The fourth-order valence-corrected chi connectivity index (χ4v) is 2.69. The number of ether oxygens (including phenoxy) is 2. The van der Waals surface area contributed by atoms with Crippen molar-refractivity contribution in [1.29, 1.82) is 0 Å². The van der Waals surface area contributed by atoms with Crippen LogP contribution in [0.15, 0.2) is 18.2 Å². The van der Waals surface area contributed by atoms with E-state index in [4.69, 9.17) is 15.2 Å². The fourth-order valence-electron chi connectivity index (χ4n) is 2.69. The first-order chi connectivity index (χ1) is 9.26. The molecule has 1 aliphatic rings. The normalized spacial score (nSPS) is 22.1. The third kappa shape index (κ3) is 3.48. The van der Waals surface area contributed by atoms with Crippen molar-refractivity contribution in [3.05, 3.63) is 29.3 Å². The van der Waals surface area contributed by atoms with Crippen molar-refractivity contribution in [3.63, 3.8) is 0 Å². The molecule has 2 atom stereocenters. The SMILES string of the molecule is CCCCCOC1CCc2ccc(OC)cc2C1N. The first-order valence-corrected chi connectivity index (χ1v) is 7.30. The van der Waals surface area contributed by atoms with Crippen LogP contribution in [-0.2, 0) is 11.2 Å². The van der Waals surface area contributed by atoms with Crippen molar-refractivity contribution < 1.29 is 9.47 Å². The highest BCUT2D eigenvalue weighted by Gasteiger charge is 2.27. The third-order valence-corrected chi connectivity index (χ3v) is 3.89. The summed E-state index contributed by atoms with van der Waals surface area (Å²) in [6, 6.07) is 6.16. The summed E-state index contributed by atoms with van der Waals surface area (Å²) < 4.78 is 11.2. The molecular formula is C16H25NO2. The van der Waals surface area contributed by atoms with Crippen LogP contribution in [0.5, 0.6) is 5.75 Å². The molecule has 3 nitrogen and oxygen atoms in total. The molecular weight excluding hydrogens is 238 g/mol. The number of nitrogens with two attached hydrogens (primary N) is 1. The van der Waals surface area contributed by atoms with Gasteiger partial charge in [0, 0.05) is 6.61 Å². The van der Waals surface area contributed by atoms with Gasteiger partial charge in [-0.05, 0) is 42.5 Å². The van der Waals surface area contributed by atoms with Crippen molar-refractivity contribution in [2.45, 2.75) is 51.2 Å². The Kier molecular flexibility index (Phi) is 5.23. The molecule has 0 saturated carbocycles. The fraction of sp³-hybridized carbons (Fsp3) is 0.625. The average molecular weight is 263 g/mol. The average Bonchev–Trinajstić information content (AvgIpc) is 2.45. The van der Waals surface area contributed by atoms with E-state index in [2.05, 4.69) is 19.1 Å². The molecule has 1 aromatic carbocycles. The second kappa shape index (κ2) is 6.92. The zero-order chi connectivity index (χ0) is 13.7. The topological polar surface area (TPSA) is 44.5 Å². The Morgan fingerprint density at radius 1 is 1.32 bits per heavy atom. The van der Waals surface area contributed by atoms with Gasteiger partial charge in [0.1, 0.15) is 5.75 Å². The van der Waals surface area contributed by atoms with E-state index in [1.165, 1.54) is 24.0 Å². The van der Waals surface area contributed by atoms with E-state index in [9.17, 15) is 0 Å². The van der Waals surface area contributed by atoms with Crippen LogP contribution >= 0.6 is 0 Å². The minimum atomic E-state index is -0.0273. The number of hydrogen-bond acceptors (Lipinski definition) is 3. The first-order valence-electron chi connectivity index (χ1n) is 7.30. The van der Waals surface area contributed by atoms with Gasteiger partial charge < -0.3 is 15.2 Å². The van der Waals surface area contributed by atoms with Gasteiger partial charge in [0.25, 0.3) is 0 Å². The Balaban J connectivity index is 1.99. The van der Waals surface area contributed by atoms with E-state index in [0.29, 0.717) is 0 Å². The molecule has 0 amide bonds. The van der Waals surface area contributed by atoms with E-state index < -0.39 is 0 Å². The van der Waals surface area contributed by atoms with E-state index in [0.717, 1.165) is 31.6 Å². The molecule has 0 spiro atoms. The minimum absolute atomic E-state index is 0.0273. The number of aryl methyl sites for hydroxylation is 1. The third-order valence-electron chi connectivity index (χ3n) is 3.89. The Morgan fingerprint density at radius 3 is 2.89 bits per heavy atom. The van der Waals surface area contributed by atoms with Gasteiger partial charge in [0.15, 0.2) is 0 Å². The quantitative estimate of drug-likeness (QED) is 0.801. The summed E-state index contributed by atoms with van der Waals surface area (Å²) in [7, 11) is 1.69. The van der Waals surface area contributed by atoms with E-state index in [-0.39, 0.29) is 12.1 Å². The van der Waals surface area contributed by atoms with Crippen molar-refractivity contribution in [3.8, 4) is 5.75 Å². The Labute approximate surface area is 116 Å². The molecule has 1 aromatic rings. The Morgan fingerprint density at radius 2 is 2.16 bits per heavy atom. The highest BCUT2D eigenvalue weighted by Crippen LogP contribution is 2.32. The highest BCUT2D eigenvalue weighted by molar-refractivity contribution is 5.39. The largest absolute Gasteiger partial charge is 0.497 e. The maximum Gasteiger partial charge on any atom is 0.119 e. The van der Waals surface area contributed by atoms with Gasteiger partial charge in [-0.25, -0.2) is 0 Å². The lowest BCUT2D eigenvalue weighted by Crippen LogP contribution is -2.34. The number of methoxy groups -OCH3 is 1. The lowest BCUT2D eigenvalue weighted by atomic mass is 9.86. The number of rotatable bonds is 6. The Hall–Kier alpha value is -1.06. The second-order valence-corrected chi connectivity index (χ2v) is 5.25. The lowest BCUT2D eigenvalue weighted by molar-refractivity contribution is 0.0231. The van der Waals surface area contributed by atoms with Crippen molar-refractivity contribution in [2.75, 3.05) is 13.7 Å². The molecule has 1 aliphatic carbocycles. The van der Waals surface area contributed by atoms with Crippen LogP contribution in [0.2, 0.25) is 0 Å². The predicted octanol–water partition coefficient (Wildman–Crippen LogP) is 3.22. The first kappa shape index (κ1) is 14.4. The predicted molar refractivity (Wildman–Crippen MR) is 77.5 cm³/mol. The summed E-state index contributed by atoms with van der Waals surface area (Å²) in [5.41, 5.74) is 8.87. The van der Waals surface area contributed by atoms with Crippen LogP contribution in [0.25, 0.3) is 0 Å². The molecule has 0 aliphatic heterocycles. The summed E-state index contributed by atoms with van der Waals surface area (Å²) in [6.45, 7) is 3.03. The van der Waals surface area contributed by atoms with Crippen molar-refractivity contribution in [2.24, 2.45) is 5.73 Å². The molecule has 0 aromatic heterocycles. The molecule has 2 rings (SSSR count). The molecule has 106 valence electrons. The standard InChI is InChI=1S/C16H25NO2/c1-3-4-5-10-19-15-9-7-12-6-8-13(18-2)11-14(12)16(15)17/h6,8,11,15-16H,3-5,7,9-10,17H2,1-2H3. The molecule has 3 heteroatoms. The van der Waals surface area contributed by atoms with Gasteiger partial charge >= 0.3 is 0 Å². The number of fused-ring (bicyclic) bond motifs is 1. The number of benzene rings is 1. The highest BCUT2D eigenvalue weighted by atomic mass is 16.5. The van der Waals surface area contributed by atoms with Crippen LogP contribution in [-0.4, -0.2) is 19.8 Å². The molecule has 0 saturated heterocycles. The molecule has 0 heterocycles. The molecule has 0 radical (unpaired) electrons. The summed E-state index contributed by atoms with van der Waals surface area (Å²) in [5.74, 6) is 0.876. The van der Waals surface area contributed by atoms with Crippen molar-refractivity contribution in [1.82, 2.24) is 0 Å². The summed E-state index contributed by atoms with van der Waals surface area (Å²) in [5, 5.41) is 0. The second-order valence-electron chi connectivity index (χ2n) is 5.25. The van der Waals surface area contributed by atoms with Crippen LogP contribution in [0.4, 0.5) is 0 Å². The summed E-state index contributed by atoms with van der Waals surface area (Å²) in [4.78, 5) is 0. The monoisotopic (exact) mass is 263 g/mol. The van der Waals surface area contributed by atoms with E-state index in [1.807, 2.05) is 6.07 Å². The smallest absolute Gasteiger partial charge is 0.119 e. The van der Waals surface area contributed by atoms with Crippen LogP contribution in [0.3, 0.4) is 0 Å². The zero-order valence-corrected chi connectivity index (χ0v) is 12.0. The number of hydrogen-bond donors (Lipinski definition) is 1. The van der Waals surface area contributed by atoms with Crippen LogP contribution in [0, 0.1) is 0 Å². The van der Waals surface area contributed by atoms with Gasteiger partial charge in [0.2, 0.25) is 0 Å². The molecule has 2 unspecified atom stereocenters. The zero-order valence-electron chi connectivity index (χ0n) is 12.0. The van der Waals surface area contributed by atoms with Gasteiger partial charge in [-0.15, -0.1) is 0 Å². The van der Waals surface area contributed by atoms with Gasteiger partial charge in [-0.2, -0.15) is 0 Å². The Bertz CT molecular complexity index is 406. The van der Waals surface area contributed by atoms with E-state index >= 15 is 0 Å². The van der Waals surface area contributed by atoms with Crippen LogP contribution < -0.4 is 10.5 Å². The molecule has 0 bridgehead atoms. The molecule has 2 N–H and O–H groups in total.